The van der Waals surface area contributed by atoms with Crippen molar-refractivity contribution in [2.45, 2.75) is 38.8 Å². The van der Waals surface area contributed by atoms with Gasteiger partial charge in [0.15, 0.2) is 0 Å². The van der Waals surface area contributed by atoms with Crippen molar-refractivity contribution in [2.24, 2.45) is 5.92 Å². The number of pyridine rings is 1. The monoisotopic (exact) mass is 440 g/mol. The van der Waals surface area contributed by atoms with E-state index in [-0.39, 0.29) is 23.5 Å². The number of cyclic esters (lactones) is 1. The Morgan fingerprint density at radius 3 is 2.81 bits per heavy atom. The second kappa shape index (κ2) is 7.49. The Bertz CT molecular complexity index is 1240. The molecule has 2 aliphatic rings. The van der Waals surface area contributed by atoms with Crippen LogP contribution in [0.5, 0.6) is 0 Å². The number of nitrogens with zero attached hydrogens (tertiary/aromatic N) is 4. The molecule has 10 heteroatoms. The van der Waals surface area contributed by atoms with E-state index >= 15 is 0 Å². The largest absolute Gasteiger partial charge is 0.447 e. The maximum absolute atomic E-state index is 12.6. The summed E-state index contributed by atoms with van der Waals surface area (Å²) in [6, 6.07) is 6.65. The molecule has 9 nitrogen and oxygen atoms in total. The molecule has 0 radical (unpaired) electrons. The highest BCUT2D eigenvalue weighted by Crippen LogP contribution is 2.39. The predicted octanol–water partition coefficient (Wildman–Crippen LogP) is 3.58. The number of rotatable bonds is 5. The molecule has 3 aromatic rings. The summed E-state index contributed by atoms with van der Waals surface area (Å²) in [6.07, 6.45) is 1.70. The highest BCUT2D eigenvalue weighted by Gasteiger charge is 2.45. The van der Waals surface area contributed by atoms with E-state index in [1.54, 1.807) is 31.2 Å². The first-order chi connectivity index (χ1) is 14.9. The van der Waals surface area contributed by atoms with Gasteiger partial charge in [0.25, 0.3) is 5.56 Å². The average Bonchev–Trinajstić information content (AvgIpc) is 3.49. The molecule has 0 unspecified atom stereocenters. The number of carbonyl (C=O) groups excluding carboxylic acids is 1. The second-order valence-corrected chi connectivity index (χ2v) is 8.45. The zero-order valence-corrected chi connectivity index (χ0v) is 17.8. The summed E-state index contributed by atoms with van der Waals surface area (Å²) in [5.41, 5.74) is 1.02. The van der Waals surface area contributed by atoms with Gasteiger partial charge in [0.05, 0.1) is 12.1 Å². The van der Waals surface area contributed by atoms with Crippen molar-refractivity contribution in [2.75, 3.05) is 16.8 Å². The van der Waals surface area contributed by atoms with Gasteiger partial charge in [-0.1, -0.05) is 11.6 Å². The van der Waals surface area contributed by atoms with Gasteiger partial charge in [-0.25, -0.2) is 9.69 Å². The molecule has 0 spiro atoms. The fraction of sp³-hybridized carbons (Fsp3) is 0.381. The van der Waals surface area contributed by atoms with Gasteiger partial charge in [-0.05, 0) is 56.9 Å². The first-order valence-electron chi connectivity index (χ1n) is 10.2. The fourth-order valence-corrected chi connectivity index (χ4v) is 4.10. The number of aromatic nitrogens is 4. The molecular weight excluding hydrogens is 420 g/mol. The lowest BCUT2D eigenvalue weighted by Crippen LogP contribution is -2.36. The Kier molecular flexibility index (Phi) is 4.77. The van der Waals surface area contributed by atoms with Crippen molar-refractivity contribution in [3.05, 3.63) is 51.0 Å². The van der Waals surface area contributed by atoms with Crippen LogP contribution in [0.3, 0.4) is 0 Å². The van der Waals surface area contributed by atoms with Crippen LogP contribution in [0.15, 0.2) is 29.1 Å². The van der Waals surface area contributed by atoms with Crippen LogP contribution in [0.4, 0.5) is 16.7 Å². The SMILES string of the molecule is Cc1nc(N[C@@H](C)c2cc3cc(Cl)ccc3[nH]c2=O)nc(N2C(=O)OC[C@@H]2C2CC2)n1. The molecule has 1 aliphatic carbocycles. The van der Waals surface area contributed by atoms with Crippen LogP contribution in [0, 0.1) is 12.8 Å². The number of anilines is 2. The van der Waals surface area contributed by atoms with Gasteiger partial charge in [0.2, 0.25) is 11.9 Å². The molecule has 1 amide bonds. The van der Waals surface area contributed by atoms with Gasteiger partial charge < -0.3 is 15.0 Å². The first-order valence-corrected chi connectivity index (χ1v) is 10.5. The summed E-state index contributed by atoms with van der Waals surface area (Å²) >= 11 is 6.09. The number of H-pyrrole nitrogens is 1. The molecule has 2 atom stereocenters. The molecule has 3 heterocycles. The topological polar surface area (TPSA) is 113 Å². The number of aromatic amines is 1. The fourth-order valence-electron chi connectivity index (χ4n) is 3.92. The minimum atomic E-state index is -0.440. The van der Waals surface area contributed by atoms with Crippen LogP contribution in [0.1, 0.15) is 37.2 Å². The molecule has 0 bridgehead atoms. The third-order valence-electron chi connectivity index (χ3n) is 5.67. The van der Waals surface area contributed by atoms with Crippen molar-refractivity contribution >= 4 is 40.5 Å². The molecule has 1 saturated carbocycles. The molecule has 1 aliphatic heterocycles. The molecule has 160 valence electrons. The molecule has 2 aromatic heterocycles. The van der Waals surface area contributed by atoms with E-state index in [0.717, 1.165) is 18.2 Å². The van der Waals surface area contributed by atoms with Crippen molar-refractivity contribution in [1.29, 1.82) is 0 Å². The van der Waals surface area contributed by atoms with Gasteiger partial charge in [-0.15, -0.1) is 0 Å². The number of benzene rings is 1. The quantitative estimate of drug-likeness (QED) is 0.623. The Labute approximate surface area is 182 Å². The number of ether oxygens (including phenoxy) is 1. The van der Waals surface area contributed by atoms with Crippen LogP contribution < -0.4 is 15.8 Å². The number of hydrogen-bond acceptors (Lipinski definition) is 7. The van der Waals surface area contributed by atoms with Gasteiger partial charge >= 0.3 is 6.09 Å². The van der Waals surface area contributed by atoms with Gasteiger partial charge in [0.1, 0.15) is 12.4 Å². The molecule has 2 N–H and O–H groups in total. The van der Waals surface area contributed by atoms with E-state index in [0.29, 0.717) is 34.5 Å². The summed E-state index contributed by atoms with van der Waals surface area (Å²) in [5.74, 6) is 1.44. The Morgan fingerprint density at radius 2 is 2.03 bits per heavy atom. The van der Waals surface area contributed by atoms with Crippen molar-refractivity contribution in [3.8, 4) is 0 Å². The zero-order chi connectivity index (χ0) is 21.7. The lowest BCUT2D eigenvalue weighted by atomic mass is 10.1. The Hall–Kier alpha value is -3.20. The minimum absolute atomic E-state index is 0.0485. The van der Waals surface area contributed by atoms with Crippen LogP contribution >= 0.6 is 11.6 Å². The van der Waals surface area contributed by atoms with E-state index < -0.39 is 12.1 Å². The van der Waals surface area contributed by atoms with Crippen LogP contribution in [0.25, 0.3) is 10.9 Å². The maximum Gasteiger partial charge on any atom is 0.417 e. The number of aryl methyl sites for hydroxylation is 1. The van der Waals surface area contributed by atoms with Crippen LogP contribution in [-0.2, 0) is 4.74 Å². The second-order valence-electron chi connectivity index (χ2n) is 8.01. The van der Waals surface area contributed by atoms with E-state index in [2.05, 4.69) is 25.3 Å². The van der Waals surface area contributed by atoms with Crippen molar-refractivity contribution in [1.82, 2.24) is 19.9 Å². The van der Waals surface area contributed by atoms with Crippen LogP contribution in [0.2, 0.25) is 5.02 Å². The van der Waals surface area contributed by atoms with Crippen LogP contribution in [-0.4, -0.2) is 38.7 Å². The summed E-state index contributed by atoms with van der Waals surface area (Å²) < 4.78 is 5.24. The normalized spacial score (nSPS) is 19.5. The minimum Gasteiger partial charge on any atom is -0.447 e. The smallest absolute Gasteiger partial charge is 0.417 e. The molecule has 31 heavy (non-hydrogen) atoms. The van der Waals surface area contributed by atoms with Crippen molar-refractivity contribution in [3.63, 3.8) is 0 Å². The maximum atomic E-state index is 12.6. The summed E-state index contributed by atoms with van der Waals surface area (Å²) in [6.45, 7) is 3.93. The van der Waals surface area contributed by atoms with Gasteiger partial charge in [-0.2, -0.15) is 15.0 Å². The Balaban J connectivity index is 1.45. The van der Waals surface area contributed by atoms with Gasteiger partial charge in [-0.3, -0.25) is 4.79 Å². The summed E-state index contributed by atoms with van der Waals surface area (Å²) in [4.78, 5) is 42.5. The average molecular weight is 441 g/mol. The van der Waals surface area contributed by atoms with Gasteiger partial charge in [0, 0.05) is 21.5 Å². The molecular formula is C21H21ClN6O3. The summed E-state index contributed by atoms with van der Waals surface area (Å²) in [7, 11) is 0. The molecule has 2 fully saturated rings. The molecule has 1 aromatic carbocycles. The van der Waals surface area contributed by atoms with E-state index in [9.17, 15) is 9.59 Å². The van der Waals surface area contributed by atoms with Crippen molar-refractivity contribution < 1.29 is 9.53 Å². The highest BCUT2D eigenvalue weighted by molar-refractivity contribution is 6.31. The molecule has 5 rings (SSSR count). The third-order valence-corrected chi connectivity index (χ3v) is 5.91. The number of amides is 1. The van der Waals surface area contributed by atoms with E-state index in [1.165, 1.54) is 4.90 Å². The lowest BCUT2D eigenvalue weighted by Gasteiger charge is -2.20. The number of carbonyl (C=O) groups is 1. The Morgan fingerprint density at radius 1 is 1.23 bits per heavy atom. The third kappa shape index (κ3) is 3.81. The standard InChI is InChI=1S/C21H21ClN6O3/c1-10(15-8-13-7-14(22)5-6-16(13)26-18(15)29)23-19-24-11(2)25-20(27-19)28-17(12-3-4-12)9-31-21(28)30/h5-8,10,12,17H,3-4,9H2,1-2H3,(H,26,29)(H,23,24,25,27)/t10-,17+/m0/s1. The lowest BCUT2D eigenvalue weighted by molar-refractivity contribution is 0.178. The predicted molar refractivity (Wildman–Crippen MR) is 117 cm³/mol. The van der Waals surface area contributed by atoms with E-state index in [1.807, 2.05) is 6.92 Å². The van der Waals surface area contributed by atoms with E-state index in [4.69, 9.17) is 16.3 Å². The first kappa shape index (κ1) is 19.7. The number of hydrogen-bond donors (Lipinski definition) is 2. The highest BCUT2D eigenvalue weighted by atomic mass is 35.5. The number of fused-ring (bicyclic) bond motifs is 1. The summed E-state index contributed by atoms with van der Waals surface area (Å²) in [5, 5.41) is 4.58. The molecule has 1 saturated heterocycles. The number of nitrogens with one attached hydrogen (secondary N) is 2. The number of halogens is 1. The zero-order valence-electron chi connectivity index (χ0n) is 17.1.